The van der Waals surface area contributed by atoms with Crippen molar-refractivity contribution in [2.45, 2.75) is 52.8 Å². The number of carbonyl (C=O) groups is 1. The Kier molecular flexibility index (Phi) is 8.44. The van der Waals surface area contributed by atoms with Gasteiger partial charge in [0.05, 0.1) is 6.54 Å². The summed E-state index contributed by atoms with van der Waals surface area (Å²) in [5, 5.41) is 19.6. The number of amides is 1. The molecule has 0 fully saturated rings. The monoisotopic (exact) mass is 421 g/mol. The van der Waals surface area contributed by atoms with Crippen LogP contribution in [0.25, 0.3) is 0 Å². The van der Waals surface area contributed by atoms with Crippen LogP contribution in [0.5, 0.6) is 0 Å². The molecular formula is C19H31N7O2S. The van der Waals surface area contributed by atoms with Crippen molar-refractivity contribution in [1.82, 2.24) is 30.7 Å². The Bertz CT molecular complexity index is 794. The summed E-state index contributed by atoms with van der Waals surface area (Å²) < 4.78 is 7.15. The highest BCUT2D eigenvalue weighted by atomic mass is 32.1. The summed E-state index contributed by atoms with van der Waals surface area (Å²) in [6, 6.07) is 4.10. The van der Waals surface area contributed by atoms with Gasteiger partial charge in [-0.3, -0.25) is 0 Å². The molecule has 0 aliphatic carbocycles. The molecule has 0 spiro atoms. The van der Waals surface area contributed by atoms with Gasteiger partial charge < -0.3 is 25.3 Å². The second-order valence-electron chi connectivity index (χ2n) is 7.53. The Morgan fingerprint density at radius 1 is 1.24 bits per heavy atom. The summed E-state index contributed by atoms with van der Waals surface area (Å²) in [6.07, 6.45) is 0.335. The van der Waals surface area contributed by atoms with Gasteiger partial charge in [-0.05, 0) is 45.6 Å². The van der Waals surface area contributed by atoms with Crippen LogP contribution in [0.4, 0.5) is 4.79 Å². The molecule has 0 atom stereocenters. The molecule has 0 saturated carbocycles. The minimum atomic E-state index is -0.494. The Labute approximate surface area is 176 Å². The number of aryl methyl sites for hydroxylation is 1. The first kappa shape index (κ1) is 22.7. The van der Waals surface area contributed by atoms with Gasteiger partial charge in [-0.25, -0.2) is 9.79 Å². The summed E-state index contributed by atoms with van der Waals surface area (Å²) in [4.78, 5) is 17.5. The SMILES string of the molecule is Cc1nnc(CN=C(NCCCNC(=O)OC(C)(C)C)NCc2cccs2)n1C. The molecule has 29 heavy (non-hydrogen) atoms. The van der Waals surface area contributed by atoms with Gasteiger partial charge >= 0.3 is 6.09 Å². The maximum atomic E-state index is 11.7. The van der Waals surface area contributed by atoms with Crippen molar-refractivity contribution in [1.29, 1.82) is 0 Å². The third kappa shape index (κ3) is 8.51. The number of hydrogen-bond donors (Lipinski definition) is 3. The molecule has 2 heterocycles. The maximum Gasteiger partial charge on any atom is 0.407 e. The summed E-state index contributed by atoms with van der Waals surface area (Å²) in [6.45, 7) is 9.72. The number of alkyl carbamates (subject to hydrolysis) is 1. The van der Waals surface area contributed by atoms with Crippen molar-refractivity contribution >= 4 is 23.4 Å². The van der Waals surface area contributed by atoms with Crippen molar-refractivity contribution in [3.63, 3.8) is 0 Å². The molecule has 0 radical (unpaired) electrons. The summed E-state index contributed by atoms with van der Waals surface area (Å²) >= 11 is 1.69. The lowest BCUT2D eigenvalue weighted by atomic mass is 10.2. The third-order valence-corrected chi connectivity index (χ3v) is 4.76. The van der Waals surface area contributed by atoms with E-state index in [1.54, 1.807) is 11.3 Å². The highest BCUT2D eigenvalue weighted by Gasteiger charge is 2.15. The number of aromatic nitrogens is 3. The molecule has 1 amide bonds. The van der Waals surface area contributed by atoms with Crippen LogP contribution in [0.2, 0.25) is 0 Å². The first-order valence-corrected chi connectivity index (χ1v) is 10.5. The van der Waals surface area contributed by atoms with Crippen molar-refractivity contribution in [3.8, 4) is 0 Å². The van der Waals surface area contributed by atoms with E-state index in [1.807, 2.05) is 50.8 Å². The Morgan fingerprint density at radius 2 is 2.00 bits per heavy atom. The normalized spacial score (nSPS) is 12.0. The number of carbonyl (C=O) groups excluding carboxylic acids is 1. The molecule has 10 heteroatoms. The summed E-state index contributed by atoms with van der Waals surface area (Å²) in [5.41, 5.74) is -0.494. The number of nitrogens with zero attached hydrogens (tertiary/aromatic N) is 4. The lowest BCUT2D eigenvalue weighted by Gasteiger charge is -2.19. The van der Waals surface area contributed by atoms with Crippen molar-refractivity contribution in [3.05, 3.63) is 34.0 Å². The van der Waals surface area contributed by atoms with Crippen LogP contribution in [0.15, 0.2) is 22.5 Å². The Balaban J connectivity index is 1.82. The smallest absolute Gasteiger partial charge is 0.407 e. The topological polar surface area (TPSA) is 105 Å². The molecule has 3 N–H and O–H groups in total. The fraction of sp³-hybridized carbons (Fsp3) is 0.579. The highest BCUT2D eigenvalue weighted by molar-refractivity contribution is 7.09. The highest BCUT2D eigenvalue weighted by Crippen LogP contribution is 2.08. The molecule has 2 rings (SSSR count). The fourth-order valence-electron chi connectivity index (χ4n) is 2.30. The second-order valence-corrected chi connectivity index (χ2v) is 8.56. The minimum absolute atomic E-state index is 0.403. The van der Waals surface area contributed by atoms with E-state index in [-0.39, 0.29) is 0 Å². The maximum absolute atomic E-state index is 11.7. The molecule has 0 aromatic carbocycles. The van der Waals surface area contributed by atoms with Gasteiger partial charge in [0.2, 0.25) is 0 Å². The number of rotatable bonds is 8. The molecular weight excluding hydrogens is 390 g/mol. The van der Waals surface area contributed by atoms with E-state index in [0.717, 1.165) is 18.1 Å². The molecule has 2 aromatic rings. The quantitative estimate of drug-likeness (QED) is 0.343. The van der Waals surface area contributed by atoms with E-state index in [4.69, 9.17) is 4.74 Å². The van der Waals surface area contributed by atoms with E-state index < -0.39 is 11.7 Å². The number of hydrogen-bond acceptors (Lipinski definition) is 6. The zero-order valence-electron chi connectivity index (χ0n) is 17.8. The number of guanidine groups is 1. The van der Waals surface area contributed by atoms with Crippen LogP contribution in [-0.4, -0.2) is 45.5 Å². The van der Waals surface area contributed by atoms with E-state index in [0.29, 0.717) is 32.1 Å². The average molecular weight is 422 g/mol. The zero-order chi connectivity index (χ0) is 21.3. The first-order chi connectivity index (χ1) is 13.7. The molecule has 0 bridgehead atoms. The molecule has 9 nitrogen and oxygen atoms in total. The zero-order valence-corrected chi connectivity index (χ0v) is 18.6. The number of nitrogens with one attached hydrogen (secondary N) is 3. The van der Waals surface area contributed by atoms with Gasteiger partial charge in [-0.15, -0.1) is 21.5 Å². The molecule has 160 valence electrons. The summed E-state index contributed by atoms with van der Waals surface area (Å²) in [7, 11) is 1.93. The average Bonchev–Trinajstić information content (AvgIpc) is 3.26. The minimum Gasteiger partial charge on any atom is -0.444 e. The largest absolute Gasteiger partial charge is 0.444 e. The van der Waals surface area contributed by atoms with Gasteiger partial charge in [0.25, 0.3) is 0 Å². The van der Waals surface area contributed by atoms with Crippen LogP contribution in [0.3, 0.4) is 0 Å². The van der Waals surface area contributed by atoms with Gasteiger partial charge in [-0.1, -0.05) is 6.07 Å². The number of aliphatic imine (C=N–C) groups is 1. The van der Waals surface area contributed by atoms with E-state index >= 15 is 0 Å². The predicted octanol–water partition coefficient (Wildman–Crippen LogP) is 2.34. The number of thiophene rings is 1. The van der Waals surface area contributed by atoms with Crippen LogP contribution in [0.1, 0.15) is 43.7 Å². The lowest BCUT2D eigenvalue weighted by molar-refractivity contribution is 0.0527. The molecule has 2 aromatic heterocycles. The fourth-order valence-corrected chi connectivity index (χ4v) is 2.94. The molecule has 0 unspecified atom stereocenters. The lowest BCUT2D eigenvalue weighted by Crippen LogP contribution is -2.39. The second kappa shape index (κ2) is 10.8. The van der Waals surface area contributed by atoms with Crippen LogP contribution >= 0.6 is 11.3 Å². The third-order valence-electron chi connectivity index (χ3n) is 3.89. The first-order valence-electron chi connectivity index (χ1n) is 9.61. The van der Waals surface area contributed by atoms with Crippen LogP contribution in [0, 0.1) is 6.92 Å². The Morgan fingerprint density at radius 3 is 2.62 bits per heavy atom. The van der Waals surface area contributed by atoms with Crippen LogP contribution < -0.4 is 16.0 Å². The van der Waals surface area contributed by atoms with E-state index in [1.165, 1.54) is 4.88 Å². The standard InChI is InChI=1S/C19H31N7O2S/c1-14-24-25-16(26(14)5)13-23-17(22-12-15-8-6-11-29-15)20-9-7-10-21-18(27)28-19(2,3)4/h6,8,11H,7,9-10,12-13H2,1-5H3,(H,21,27)(H2,20,22,23). The van der Waals surface area contributed by atoms with E-state index in [2.05, 4.69) is 37.2 Å². The van der Waals surface area contributed by atoms with Gasteiger partial charge in [0.15, 0.2) is 11.8 Å². The van der Waals surface area contributed by atoms with Gasteiger partial charge in [0, 0.05) is 25.0 Å². The Hall–Kier alpha value is -2.62. The predicted molar refractivity (Wildman–Crippen MR) is 115 cm³/mol. The van der Waals surface area contributed by atoms with E-state index in [9.17, 15) is 4.79 Å². The molecule has 0 saturated heterocycles. The van der Waals surface area contributed by atoms with Gasteiger partial charge in [-0.2, -0.15) is 0 Å². The van der Waals surface area contributed by atoms with Gasteiger partial charge in [0.1, 0.15) is 18.0 Å². The number of ether oxygens (including phenoxy) is 1. The van der Waals surface area contributed by atoms with Crippen molar-refractivity contribution in [2.75, 3.05) is 13.1 Å². The van der Waals surface area contributed by atoms with Crippen molar-refractivity contribution < 1.29 is 9.53 Å². The summed E-state index contributed by atoms with van der Waals surface area (Å²) in [5.74, 6) is 2.34. The van der Waals surface area contributed by atoms with Crippen molar-refractivity contribution in [2.24, 2.45) is 12.0 Å². The molecule has 0 aliphatic heterocycles. The van der Waals surface area contributed by atoms with Crippen LogP contribution in [-0.2, 0) is 24.9 Å². The molecule has 0 aliphatic rings.